The van der Waals surface area contributed by atoms with Crippen LogP contribution in [0.4, 0.5) is 11.8 Å². The summed E-state index contributed by atoms with van der Waals surface area (Å²) < 4.78 is 0. The normalized spacial score (nSPS) is 21.6. The van der Waals surface area contributed by atoms with E-state index in [1.807, 2.05) is 12.3 Å². The number of aromatic nitrogens is 2. The van der Waals surface area contributed by atoms with E-state index in [0.29, 0.717) is 6.04 Å². The Hall–Kier alpha value is -1.36. The minimum absolute atomic E-state index is 0.216. The molecule has 0 saturated heterocycles. The fourth-order valence-electron chi connectivity index (χ4n) is 3.06. The molecule has 1 aliphatic carbocycles. The fraction of sp³-hybridized carbons (Fsp3) is 0.765. The van der Waals surface area contributed by atoms with Gasteiger partial charge in [-0.1, -0.05) is 33.1 Å². The van der Waals surface area contributed by atoms with E-state index in [9.17, 15) is 0 Å². The maximum Gasteiger partial charge on any atom is 0.224 e. The third kappa shape index (κ3) is 4.83. The Morgan fingerprint density at radius 3 is 2.77 bits per heavy atom. The van der Waals surface area contributed by atoms with Crippen LogP contribution in [-0.4, -0.2) is 35.1 Å². The summed E-state index contributed by atoms with van der Waals surface area (Å²) in [5.41, 5.74) is 6.21. The maximum atomic E-state index is 6.21. The largest absolute Gasteiger partial charge is 0.356 e. The van der Waals surface area contributed by atoms with Crippen molar-refractivity contribution < 1.29 is 0 Å². The van der Waals surface area contributed by atoms with Gasteiger partial charge in [0.15, 0.2) is 0 Å². The van der Waals surface area contributed by atoms with Crippen molar-refractivity contribution in [2.45, 2.75) is 70.9 Å². The summed E-state index contributed by atoms with van der Waals surface area (Å²) in [7, 11) is 0. The van der Waals surface area contributed by atoms with Gasteiger partial charge in [0.1, 0.15) is 5.82 Å². The molecule has 1 saturated carbocycles. The zero-order valence-corrected chi connectivity index (χ0v) is 14.1. The average Bonchev–Trinajstić information content (AvgIpc) is 2.54. The first-order valence-corrected chi connectivity index (χ1v) is 8.84. The van der Waals surface area contributed by atoms with E-state index in [-0.39, 0.29) is 6.04 Å². The van der Waals surface area contributed by atoms with Crippen LogP contribution in [0.25, 0.3) is 0 Å². The van der Waals surface area contributed by atoms with E-state index in [1.165, 1.54) is 25.7 Å². The summed E-state index contributed by atoms with van der Waals surface area (Å²) in [5.74, 6) is 1.75. The smallest absolute Gasteiger partial charge is 0.224 e. The number of nitrogens with one attached hydrogen (secondary N) is 1. The Kier molecular flexibility index (Phi) is 6.90. The minimum atomic E-state index is 0.216. The zero-order valence-electron chi connectivity index (χ0n) is 14.1. The van der Waals surface area contributed by atoms with Crippen LogP contribution in [0.1, 0.15) is 58.8 Å². The molecular formula is C17H31N5. The lowest BCUT2D eigenvalue weighted by Crippen LogP contribution is -2.43. The Morgan fingerprint density at radius 1 is 1.23 bits per heavy atom. The topological polar surface area (TPSA) is 67.1 Å². The summed E-state index contributed by atoms with van der Waals surface area (Å²) in [6, 6.07) is 2.53. The van der Waals surface area contributed by atoms with Crippen LogP contribution >= 0.6 is 0 Å². The van der Waals surface area contributed by atoms with Crippen LogP contribution in [0.2, 0.25) is 0 Å². The van der Waals surface area contributed by atoms with Crippen molar-refractivity contribution in [2.24, 2.45) is 5.73 Å². The summed E-state index contributed by atoms with van der Waals surface area (Å²) in [6.45, 7) is 6.53. The van der Waals surface area contributed by atoms with E-state index < -0.39 is 0 Å². The Balaban J connectivity index is 2.03. The SMILES string of the molecule is CCCCN(CCC)c1ccnc(N[C@H]2CCCC[C@H]2N)n1. The highest BCUT2D eigenvalue weighted by molar-refractivity contribution is 5.43. The van der Waals surface area contributed by atoms with Crippen molar-refractivity contribution in [3.63, 3.8) is 0 Å². The molecule has 22 heavy (non-hydrogen) atoms. The highest BCUT2D eigenvalue weighted by Gasteiger charge is 2.22. The first-order chi connectivity index (χ1) is 10.7. The van der Waals surface area contributed by atoms with Gasteiger partial charge in [-0.25, -0.2) is 4.98 Å². The highest BCUT2D eigenvalue weighted by atomic mass is 15.2. The van der Waals surface area contributed by atoms with Gasteiger partial charge in [0, 0.05) is 31.4 Å². The van der Waals surface area contributed by atoms with Crippen molar-refractivity contribution in [3.05, 3.63) is 12.3 Å². The lowest BCUT2D eigenvalue weighted by molar-refractivity contribution is 0.402. The van der Waals surface area contributed by atoms with E-state index >= 15 is 0 Å². The van der Waals surface area contributed by atoms with Crippen LogP contribution < -0.4 is 16.0 Å². The molecule has 0 spiro atoms. The van der Waals surface area contributed by atoms with Gasteiger partial charge in [-0.3, -0.25) is 0 Å². The van der Waals surface area contributed by atoms with Gasteiger partial charge in [0.25, 0.3) is 0 Å². The number of rotatable bonds is 8. The van der Waals surface area contributed by atoms with Crippen molar-refractivity contribution >= 4 is 11.8 Å². The third-order valence-electron chi connectivity index (χ3n) is 4.37. The molecule has 3 N–H and O–H groups in total. The molecule has 0 aliphatic heterocycles. The van der Waals surface area contributed by atoms with Crippen LogP contribution in [-0.2, 0) is 0 Å². The Morgan fingerprint density at radius 2 is 2.05 bits per heavy atom. The monoisotopic (exact) mass is 305 g/mol. The molecule has 1 heterocycles. The summed E-state index contributed by atoms with van der Waals surface area (Å²) in [4.78, 5) is 11.5. The number of anilines is 2. The lowest BCUT2D eigenvalue weighted by Gasteiger charge is -2.29. The molecule has 0 bridgehead atoms. The first kappa shape index (κ1) is 17.0. The van der Waals surface area contributed by atoms with E-state index in [0.717, 1.165) is 44.1 Å². The summed E-state index contributed by atoms with van der Waals surface area (Å²) in [6.07, 6.45) is 10.1. The fourth-order valence-corrected chi connectivity index (χ4v) is 3.06. The molecule has 0 amide bonds. The molecule has 2 rings (SSSR count). The molecule has 1 aliphatic rings. The van der Waals surface area contributed by atoms with Gasteiger partial charge in [0.2, 0.25) is 5.95 Å². The number of hydrogen-bond acceptors (Lipinski definition) is 5. The molecule has 1 aromatic heterocycles. The lowest BCUT2D eigenvalue weighted by atomic mass is 9.91. The van der Waals surface area contributed by atoms with Crippen molar-refractivity contribution in [3.8, 4) is 0 Å². The second-order valence-corrected chi connectivity index (χ2v) is 6.28. The molecule has 124 valence electrons. The molecule has 0 unspecified atom stereocenters. The van der Waals surface area contributed by atoms with Crippen LogP contribution in [0, 0.1) is 0 Å². The first-order valence-electron chi connectivity index (χ1n) is 8.84. The van der Waals surface area contributed by atoms with Gasteiger partial charge < -0.3 is 16.0 Å². The average molecular weight is 305 g/mol. The molecule has 0 aromatic carbocycles. The second kappa shape index (κ2) is 8.93. The molecule has 2 atom stereocenters. The van der Waals surface area contributed by atoms with Crippen molar-refractivity contribution in [2.75, 3.05) is 23.3 Å². The second-order valence-electron chi connectivity index (χ2n) is 6.28. The van der Waals surface area contributed by atoms with Gasteiger partial charge in [0.05, 0.1) is 0 Å². The van der Waals surface area contributed by atoms with Crippen molar-refractivity contribution in [1.29, 1.82) is 0 Å². The van der Waals surface area contributed by atoms with E-state index in [1.54, 1.807) is 0 Å². The Bertz CT molecular complexity index is 437. The number of nitrogens with zero attached hydrogens (tertiary/aromatic N) is 3. The summed E-state index contributed by atoms with van der Waals surface area (Å²) in [5, 5.41) is 3.45. The highest BCUT2D eigenvalue weighted by Crippen LogP contribution is 2.21. The standard InChI is InChI=1S/C17H31N5/c1-3-5-13-22(12-4-2)16-10-11-19-17(21-16)20-15-9-7-6-8-14(15)18/h10-11,14-15H,3-9,12-13,18H2,1-2H3,(H,19,20,21)/t14-,15+/m1/s1. The van der Waals surface area contributed by atoms with Gasteiger partial charge in [-0.15, -0.1) is 0 Å². The van der Waals surface area contributed by atoms with Crippen LogP contribution in [0.15, 0.2) is 12.3 Å². The Labute approximate surface area is 134 Å². The molecule has 5 heteroatoms. The van der Waals surface area contributed by atoms with E-state index in [4.69, 9.17) is 10.7 Å². The van der Waals surface area contributed by atoms with E-state index in [2.05, 4.69) is 29.0 Å². The van der Waals surface area contributed by atoms with Gasteiger partial charge in [-0.05, 0) is 31.7 Å². The molecular weight excluding hydrogens is 274 g/mol. The number of hydrogen-bond donors (Lipinski definition) is 2. The molecule has 1 fully saturated rings. The third-order valence-corrected chi connectivity index (χ3v) is 4.37. The van der Waals surface area contributed by atoms with Crippen LogP contribution in [0.5, 0.6) is 0 Å². The summed E-state index contributed by atoms with van der Waals surface area (Å²) >= 11 is 0. The van der Waals surface area contributed by atoms with Gasteiger partial charge in [-0.2, -0.15) is 4.98 Å². The predicted molar refractivity (Wildman–Crippen MR) is 93.3 cm³/mol. The zero-order chi connectivity index (χ0) is 15.8. The minimum Gasteiger partial charge on any atom is -0.356 e. The molecule has 5 nitrogen and oxygen atoms in total. The number of nitrogens with two attached hydrogens (primary N) is 1. The molecule has 1 aromatic rings. The predicted octanol–water partition coefficient (Wildman–Crippen LogP) is 3.17. The molecule has 0 radical (unpaired) electrons. The van der Waals surface area contributed by atoms with Crippen molar-refractivity contribution in [1.82, 2.24) is 9.97 Å². The maximum absolute atomic E-state index is 6.21. The van der Waals surface area contributed by atoms with Gasteiger partial charge >= 0.3 is 0 Å². The quantitative estimate of drug-likeness (QED) is 0.772. The number of unbranched alkanes of at least 4 members (excludes halogenated alkanes) is 1. The van der Waals surface area contributed by atoms with Crippen LogP contribution in [0.3, 0.4) is 0 Å².